The number of fused-ring (bicyclic) bond motifs is 2. The molecule has 3 N–H and O–H groups in total. The normalized spacial score (nSPS) is 16.4. The van der Waals surface area contributed by atoms with Crippen LogP contribution in [-0.2, 0) is 33.8 Å². The third-order valence-corrected chi connectivity index (χ3v) is 7.89. The van der Waals surface area contributed by atoms with Gasteiger partial charge in [0.2, 0.25) is 17.7 Å². The molecule has 9 heteroatoms. The van der Waals surface area contributed by atoms with E-state index >= 15 is 0 Å². The summed E-state index contributed by atoms with van der Waals surface area (Å²) in [4.78, 5) is 63.3. The fraction of sp³-hybridized carbons (Fsp3) is 0.206. The summed E-state index contributed by atoms with van der Waals surface area (Å²) in [5, 5.41) is 11.0. The molecule has 43 heavy (non-hydrogen) atoms. The Morgan fingerprint density at radius 1 is 0.837 bits per heavy atom. The van der Waals surface area contributed by atoms with E-state index in [-0.39, 0.29) is 36.3 Å². The number of carbonyl (C=O) groups is 5. The summed E-state index contributed by atoms with van der Waals surface area (Å²) in [6.45, 7) is 1.56. The van der Waals surface area contributed by atoms with E-state index < -0.39 is 29.7 Å². The van der Waals surface area contributed by atoms with Gasteiger partial charge >= 0.3 is 0 Å². The van der Waals surface area contributed by atoms with Crippen molar-refractivity contribution in [2.24, 2.45) is 0 Å². The summed E-state index contributed by atoms with van der Waals surface area (Å²) in [6, 6.07) is 26.1. The van der Waals surface area contributed by atoms with Crippen molar-refractivity contribution < 1.29 is 24.0 Å². The molecule has 0 spiro atoms. The van der Waals surface area contributed by atoms with Gasteiger partial charge in [0.05, 0.1) is 17.5 Å². The fourth-order valence-electron chi connectivity index (χ4n) is 5.68. The molecule has 1 atom stereocenters. The van der Waals surface area contributed by atoms with Gasteiger partial charge in [0.15, 0.2) is 0 Å². The molecule has 2 aliphatic rings. The minimum absolute atomic E-state index is 0.0501. The molecule has 216 valence electrons. The van der Waals surface area contributed by atoms with Gasteiger partial charge in [-0.1, -0.05) is 66.7 Å². The van der Waals surface area contributed by atoms with Crippen molar-refractivity contribution in [3.8, 4) is 0 Å². The molecule has 1 fully saturated rings. The van der Waals surface area contributed by atoms with Crippen LogP contribution in [0, 0.1) is 0 Å². The number of anilines is 1. The lowest BCUT2D eigenvalue weighted by molar-refractivity contribution is -0.136. The molecule has 4 aromatic rings. The quantitative estimate of drug-likeness (QED) is 0.207. The first-order chi connectivity index (χ1) is 20.9. The highest BCUT2D eigenvalue weighted by molar-refractivity contribution is 6.24. The van der Waals surface area contributed by atoms with Crippen molar-refractivity contribution in [1.29, 1.82) is 0 Å². The summed E-state index contributed by atoms with van der Waals surface area (Å²) in [5.74, 6) is -2.56. The van der Waals surface area contributed by atoms with Crippen LogP contribution in [-0.4, -0.2) is 47.0 Å². The van der Waals surface area contributed by atoms with E-state index in [1.807, 2.05) is 24.3 Å². The molecule has 1 unspecified atom stereocenters. The molecule has 2 aliphatic heterocycles. The second kappa shape index (κ2) is 12.0. The van der Waals surface area contributed by atoms with Crippen molar-refractivity contribution in [1.82, 2.24) is 15.5 Å². The summed E-state index contributed by atoms with van der Waals surface area (Å²) >= 11 is 0. The fourth-order valence-corrected chi connectivity index (χ4v) is 5.68. The molecule has 5 amide bonds. The van der Waals surface area contributed by atoms with Crippen LogP contribution in [0.2, 0.25) is 0 Å². The Morgan fingerprint density at radius 2 is 1.58 bits per heavy atom. The Labute approximate surface area is 248 Å². The SMILES string of the molecule is O=C1CCC(N2C(=O)c3ccc(NC(=O)Cc4ccc(CNCCc5cccc6ccccc56)cc4)cc3C2=O)C(=O)N1. The number of benzene rings is 4. The third kappa shape index (κ3) is 5.93. The molecule has 0 aromatic heterocycles. The largest absolute Gasteiger partial charge is 0.326 e. The van der Waals surface area contributed by atoms with Gasteiger partial charge < -0.3 is 10.6 Å². The number of piperidine rings is 1. The number of carbonyl (C=O) groups excluding carboxylic acids is 5. The van der Waals surface area contributed by atoms with E-state index in [0.29, 0.717) is 5.69 Å². The lowest BCUT2D eigenvalue weighted by Gasteiger charge is -2.27. The maximum atomic E-state index is 13.0. The lowest BCUT2D eigenvalue weighted by Crippen LogP contribution is -2.54. The average molecular weight is 575 g/mol. The minimum atomic E-state index is -1.04. The number of imide groups is 2. The highest BCUT2D eigenvalue weighted by Crippen LogP contribution is 2.29. The predicted octanol–water partition coefficient (Wildman–Crippen LogP) is 3.75. The Hall–Kier alpha value is -5.15. The van der Waals surface area contributed by atoms with Crippen molar-refractivity contribution in [3.63, 3.8) is 0 Å². The molecule has 4 aromatic carbocycles. The number of hydrogen-bond donors (Lipinski definition) is 3. The van der Waals surface area contributed by atoms with Gasteiger partial charge in [0, 0.05) is 18.7 Å². The summed E-state index contributed by atoms with van der Waals surface area (Å²) in [7, 11) is 0. The second-order valence-corrected chi connectivity index (χ2v) is 10.8. The van der Waals surface area contributed by atoms with E-state index in [1.165, 1.54) is 28.5 Å². The van der Waals surface area contributed by atoms with E-state index in [1.54, 1.807) is 6.07 Å². The number of hydrogen-bond acceptors (Lipinski definition) is 6. The summed E-state index contributed by atoms with van der Waals surface area (Å²) in [6.07, 6.45) is 1.20. The lowest BCUT2D eigenvalue weighted by atomic mass is 10.0. The maximum Gasteiger partial charge on any atom is 0.262 e. The van der Waals surface area contributed by atoms with Gasteiger partial charge in [-0.15, -0.1) is 0 Å². The Kier molecular flexibility index (Phi) is 7.81. The summed E-state index contributed by atoms with van der Waals surface area (Å²) < 4.78 is 0. The Morgan fingerprint density at radius 3 is 2.40 bits per heavy atom. The molecule has 0 radical (unpaired) electrons. The highest BCUT2D eigenvalue weighted by Gasteiger charge is 2.44. The molecule has 0 aliphatic carbocycles. The first-order valence-corrected chi connectivity index (χ1v) is 14.3. The van der Waals surface area contributed by atoms with Crippen LogP contribution in [0.25, 0.3) is 10.8 Å². The third-order valence-electron chi connectivity index (χ3n) is 7.89. The van der Waals surface area contributed by atoms with Crippen LogP contribution in [0.5, 0.6) is 0 Å². The Bertz CT molecular complexity index is 1760. The van der Waals surface area contributed by atoms with E-state index in [2.05, 4.69) is 58.4 Å². The van der Waals surface area contributed by atoms with E-state index in [9.17, 15) is 24.0 Å². The molecule has 9 nitrogen and oxygen atoms in total. The Balaban J connectivity index is 1.01. The van der Waals surface area contributed by atoms with E-state index in [0.717, 1.165) is 35.5 Å². The van der Waals surface area contributed by atoms with Gasteiger partial charge in [0.1, 0.15) is 6.04 Å². The van der Waals surface area contributed by atoms with Crippen molar-refractivity contribution in [2.75, 3.05) is 11.9 Å². The molecular formula is C34H30N4O5. The molecular weight excluding hydrogens is 544 g/mol. The zero-order valence-corrected chi connectivity index (χ0v) is 23.4. The van der Waals surface area contributed by atoms with Crippen molar-refractivity contribution in [3.05, 3.63) is 113 Å². The molecule has 2 heterocycles. The van der Waals surface area contributed by atoms with Gasteiger partial charge in [-0.25, -0.2) is 0 Å². The van der Waals surface area contributed by atoms with Crippen LogP contribution in [0.4, 0.5) is 5.69 Å². The standard InChI is InChI=1S/C34H30N4O5/c39-30-15-14-29(32(41)37-30)38-33(42)27-13-12-25(19-28(27)34(38)43)36-31(40)18-21-8-10-22(11-9-21)20-35-17-16-24-6-3-5-23-4-1-2-7-26(23)24/h1-13,19,29,35H,14-18,20H2,(H,36,40)(H,37,39,41). The highest BCUT2D eigenvalue weighted by atomic mass is 16.2. The molecule has 6 rings (SSSR count). The van der Waals surface area contributed by atoms with Crippen molar-refractivity contribution >= 4 is 46.0 Å². The monoisotopic (exact) mass is 574 g/mol. The van der Waals surface area contributed by atoms with Gasteiger partial charge in [-0.05, 0) is 65.0 Å². The predicted molar refractivity (Wildman–Crippen MR) is 161 cm³/mol. The van der Waals surface area contributed by atoms with Crippen LogP contribution < -0.4 is 16.0 Å². The smallest absolute Gasteiger partial charge is 0.262 e. The topological polar surface area (TPSA) is 125 Å². The first kappa shape index (κ1) is 28.0. The number of rotatable bonds is 9. The van der Waals surface area contributed by atoms with Crippen molar-refractivity contribution in [2.45, 2.75) is 38.3 Å². The molecule has 0 bridgehead atoms. The second-order valence-electron chi connectivity index (χ2n) is 10.8. The number of nitrogens with zero attached hydrogens (tertiary/aromatic N) is 1. The van der Waals surface area contributed by atoms with E-state index in [4.69, 9.17) is 0 Å². The van der Waals surface area contributed by atoms with Gasteiger partial charge in [-0.2, -0.15) is 0 Å². The van der Waals surface area contributed by atoms with Gasteiger partial charge in [0.25, 0.3) is 11.8 Å². The van der Waals surface area contributed by atoms with Crippen LogP contribution >= 0.6 is 0 Å². The first-order valence-electron chi connectivity index (χ1n) is 14.3. The maximum absolute atomic E-state index is 13.0. The van der Waals surface area contributed by atoms with Crippen LogP contribution in [0.15, 0.2) is 84.9 Å². The number of nitrogens with one attached hydrogen (secondary N) is 3. The average Bonchev–Trinajstić information content (AvgIpc) is 3.25. The summed E-state index contributed by atoms with van der Waals surface area (Å²) in [5.41, 5.74) is 3.93. The number of amides is 5. The zero-order chi connectivity index (χ0) is 29.9. The molecule has 0 saturated carbocycles. The van der Waals surface area contributed by atoms with Crippen LogP contribution in [0.1, 0.15) is 50.2 Å². The minimum Gasteiger partial charge on any atom is -0.326 e. The zero-order valence-electron chi connectivity index (χ0n) is 23.4. The van der Waals surface area contributed by atoms with Crippen LogP contribution in [0.3, 0.4) is 0 Å². The molecule has 1 saturated heterocycles. The van der Waals surface area contributed by atoms with Gasteiger partial charge in [-0.3, -0.25) is 34.2 Å².